The van der Waals surface area contributed by atoms with Crippen molar-refractivity contribution in [2.24, 2.45) is 5.92 Å². The van der Waals surface area contributed by atoms with Gasteiger partial charge in [0.2, 0.25) is 0 Å². The summed E-state index contributed by atoms with van der Waals surface area (Å²) in [7, 11) is 0. The zero-order valence-electron chi connectivity index (χ0n) is 18.3. The van der Waals surface area contributed by atoms with Crippen molar-refractivity contribution in [3.8, 4) is 0 Å². The van der Waals surface area contributed by atoms with Gasteiger partial charge in [-0.25, -0.2) is 0 Å². The Morgan fingerprint density at radius 2 is 1.77 bits per heavy atom. The molecule has 3 rings (SSSR count). The zero-order valence-corrected chi connectivity index (χ0v) is 18.3. The lowest BCUT2D eigenvalue weighted by molar-refractivity contribution is 0.0729. The number of aromatic nitrogens is 1. The van der Waals surface area contributed by atoms with Crippen molar-refractivity contribution >= 4 is 11.8 Å². The van der Waals surface area contributed by atoms with E-state index >= 15 is 0 Å². The summed E-state index contributed by atoms with van der Waals surface area (Å²) in [5, 5.41) is 6.71. The molecule has 2 amide bonds. The summed E-state index contributed by atoms with van der Waals surface area (Å²) in [6.45, 7) is 7.36. The predicted molar refractivity (Wildman–Crippen MR) is 120 cm³/mol. The van der Waals surface area contributed by atoms with Crippen LogP contribution in [0.25, 0.3) is 0 Å². The minimum Gasteiger partial charge on any atom is -0.359 e. The number of rotatable bonds is 9. The number of nitrogens with one attached hydrogen (secondary N) is 1. The average molecular weight is 420 g/mol. The molecule has 0 unspecified atom stereocenters. The lowest BCUT2D eigenvalue weighted by atomic mass is 10.1. The van der Waals surface area contributed by atoms with E-state index in [0.717, 1.165) is 11.1 Å². The molecular weight excluding hydrogens is 390 g/mol. The second kappa shape index (κ2) is 10.6. The van der Waals surface area contributed by atoms with Gasteiger partial charge in [0.05, 0.1) is 6.54 Å². The van der Waals surface area contributed by atoms with Crippen molar-refractivity contribution in [1.29, 1.82) is 0 Å². The standard InChI is InChI=1S/C25H29N3O3/c1-18(2)16-26-24(29)23-15-22(31-27-23)17-28(14-13-20-7-5-4-6-8-20)25(30)21-11-9-19(3)10-12-21/h4-12,15,18H,13-14,16-17H2,1-3H3,(H,26,29). The van der Waals surface area contributed by atoms with Gasteiger partial charge in [0.25, 0.3) is 11.8 Å². The topological polar surface area (TPSA) is 75.4 Å². The maximum absolute atomic E-state index is 13.2. The first-order chi connectivity index (χ1) is 14.9. The van der Waals surface area contributed by atoms with Crippen LogP contribution in [-0.2, 0) is 13.0 Å². The van der Waals surface area contributed by atoms with Crippen molar-refractivity contribution < 1.29 is 14.1 Å². The van der Waals surface area contributed by atoms with E-state index in [1.54, 1.807) is 11.0 Å². The highest BCUT2D eigenvalue weighted by molar-refractivity contribution is 5.94. The van der Waals surface area contributed by atoms with Gasteiger partial charge in [-0.2, -0.15) is 0 Å². The first-order valence-electron chi connectivity index (χ1n) is 10.6. The Morgan fingerprint density at radius 1 is 1.06 bits per heavy atom. The number of aryl methyl sites for hydroxylation is 1. The molecule has 6 nitrogen and oxygen atoms in total. The third-order valence-electron chi connectivity index (χ3n) is 4.91. The van der Waals surface area contributed by atoms with Crippen LogP contribution in [0, 0.1) is 12.8 Å². The van der Waals surface area contributed by atoms with Gasteiger partial charge in [-0.1, -0.05) is 67.0 Å². The summed E-state index contributed by atoms with van der Waals surface area (Å²) in [6, 6.07) is 19.1. The van der Waals surface area contributed by atoms with Crippen LogP contribution in [0.3, 0.4) is 0 Å². The van der Waals surface area contributed by atoms with Gasteiger partial charge in [0.15, 0.2) is 11.5 Å². The predicted octanol–water partition coefficient (Wildman–Crippen LogP) is 4.25. The monoisotopic (exact) mass is 419 g/mol. The quantitative estimate of drug-likeness (QED) is 0.562. The molecule has 0 atom stereocenters. The average Bonchev–Trinajstić information content (AvgIpc) is 3.24. The molecule has 0 aliphatic carbocycles. The number of carbonyl (C=O) groups excluding carboxylic acids is 2. The lowest BCUT2D eigenvalue weighted by Crippen LogP contribution is -2.32. The van der Waals surface area contributed by atoms with Gasteiger partial charge >= 0.3 is 0 Å². The van der Waals surface area contributed by atoms with E-state index in [-0.39, 0.29) is 24.1 Å². The summed E-state index contributed by atoms with van der Waals surface area (Å²) in [5.41, 5.74) is 3.09. The van der Waals surface area contributed by atoms with Gasteiger partial charge in [0, 0.05) is 24.7 Å². The smallest absolute Gasteiger partial charge is 0.273 e. The molecule has 0 saturated carbocycles. The van der Waals surface area contributed by atoms with Crippen LogP contribution in [-0.4, -0.2) is 35.0 Å². The molecular formula is C25H29N3O3. The van der Waals surface area contributed by atoms with Crippen LogP contribution in [0.4, 0.5) is 0 Å². The summed E-state index contributed by atoms with van der Waals surface area (Å²) < 4.78 is 5.38. The molecule has 1 N–H and O–H groups in total. The number of hydrogen-bond acceptors (Lipinski definition) is 4. The van der Waals surface area contributed by atoms with Crippen LogP contribution in [0.1, 0.15) is 51.6 Å². The summed E-state index contributed by atoms with van der Waals surface area (Å²) >= 11 is 0. The Balaban J connectivity index is 1.73. The highest BCUT2D eigenvalue weighted by Crippen LogP contribution is 2.14. The highest BCUT2D eigenvalue weighted by Gasteiger charge is 2.20. The molecule has 1 heterocycles. The molecule has 0 spiro atoms. The van der Waals surface area contributed by atoms with Crippen LogP contribution < -0.4 is 5.32 Å². The second-order valence-corrected chi connectivity index (χ2v) is 8.11. The fourth-order valence-electron chi connectivity index (χ4n) is 3.11. The number of benzene rings is 2. The highest BCUT2D eigenvalue weighted by atomic mass is 16.5. The number of hydrogen-bond donors (Lipinski definition) is 1. The largest absolute Gasteiger partial charge is 0.359 e. The third kappa shape index (κ3) is 6.54. The number of nitrogens with zero attached hydrogens (tertiary/aromatic N) is 2. The van der Waals surface area contributed by atoms with Gasteiger partial charge < -0.3 is 14.7 Å². The van der Waals surface area contributed by atoms with Crippen LogP contribution in [0.5, 0.6) is 0 Å². The Bertz CT molecular complexity index is 994. The second-order valence-electron chi connectivity index (χ2n) is 8.11. The van der Waals surface area contributed by atoms with Gasteiger partial charge in [-0.3, -0.25) is 9.59 Å². The molecule has 3 aromatic rings. The summed E-state index contributed by atoms with van der Waals surface area (Å²) in [4.78, 5) is 27.1. The van der Waals surface area contributed by atoms with E-state index in [1.807, 2.05) is 75.4 Å². The van der Waals surface area contributed by atoms with Crippen molar-refractivity contribution in [3.63, 3.8) is 0 Å². The van der Waals surface area contributed by atoms with Crippen LogP contribution in [0.2, 0.25) is 0 Å². The van der Waals surface area contributed by atoms with Crippen molar-refractivity contribution in [3.05, 3.63) is 88.8 Å². The molecule has 0 aliphatic rings. The molecule has 0 saturated heterocycles. The Labute approximate surface area is 183 Å². The van der Waals surface area contributed by atoms with Crippen LogP contribution >= 0.6 is 0 Å². The summed E-state index contributed by atoms with van der Waals surface area (Å²) in [6.07, 6.45) is 0.717. The Hall–Kier alpha value is -3.41. The molecule has 0 fully saturated rings. The van der Waals surface area contributed by atoms with Crippen LogP contribution in [0.15, 0.2) is 65.2 Å². The Kier molecular flexibility index (Phi) is 7.60. The molecule has 162 valence electrons. The van der Waals surface area contributed by atoms with E-state index in [4.69, 9.17) is 4.52 Å². The van der Waals surface area contributed by atoms with Gasteiger partial charge in [-0.05, 0) is 37.0 Å². The number of amides is 2. The van der Waals surface area contributed by atoms with Crippen molar-refractivity contribution in [2.45, 2.75) is 33.7 Å². The van der Waals surface area contributed by atoms with Crippen molar-refractivity contribution in [2.75, 3.05) is 13.1 Å². The fraction of sp³-hybridized carbons (Fsp3) is 0.320. The molecule has 0 bridgehead atoms. The summed E-state index contributed by atoms with van der Waals surface area (Å²) in [5.74, 6) is 0.460. The van der Waals surface area contributed by atoms with E-state index < -0.39 is 0 Å². The normalized spacial score (nSPS) is 10.8. The minimum absolute atomic E-state index is 0.0851. The first-order valence-corrected chi connectivity index (χ1v) is 10.6. The SMILES string of the molecule is Cc1ccc(C(=O)N(CCc2ccccc2)Cc2cc(C(=O)NCC(C)C)no2)cc1. The van der Waals surface area contributed by atoms with Gasteiger partial charge in [0.1, 0.15) is 0 Å². The van der Waals surface area contributed by atoms with E-state index in [1.165, 1.54) is 0 Å². The number of carbonyl (C=O) groups is 2. The molecule has 1 aromatic heterocycles. The first kappa shape index (κ1) is 22.3. The minimum atomic E-state index is -0.274. The zero-order chi connectivity index (χ0) is 22.2. The molecule has 2 aromatic carbocycles. The maximum atomic E-state index is 13.2. The lowest BCUT2D eigenvalue weighted by Gasteiger charge is -2.21. The molecule has 0 aliphatic heterocycles. The van der Waals surface area contributed by atoms with E-state index in [9.17, 15) is 9.59 Å². The fourth-order valence-corrected chi connectivity index (χ4v) is 3.11. The van der Waals surface area contributed by atoms with Gasteiger partial charge in [-0.15, -0.1) is 0 Å². The van der Waals surface area contributed by atoms with Crippen molar-refractivity contribution in [1.82, 2.24) is 15.4 Å². The maximum Gasteiger partial charge on any atom is 0.273 e. The molecule has 31 heavy (non-hydrogen) atoms. The molecule has 0 radical (unpaired) electrons. The Morgan fingerprint density at radius 3 is 2.45 bits per heavy atom. The third-order valence-corrected chi connectivity index (χ3v) is 4.91. The molecule has 6 heteroatoms. The van der Waals surface area contributed by atoms with E-state index in [0.29, 0.717) is 36.8 Å². The van der Waals surface area contributed by atoms with E-state index in [2.05, 4.69) is 10.5 Å².